The van der Waals surface area contributed by atoms with Crippen LogP contribution >= 0.6 is 0 Å². The number of hydrogen-bond donors (Lipinski definition) is 3. The predicted octanol–water partition coefficient (Wildman–Crippen LogP) is 0.639. The zero-order valence-electron chi connectivity index (χ0n) is 9.83. The molecule has 4 heteroatoms. The summed E-state index contributed by atoms with van der Waals surface area (Å²) in [6.07, 6.45) is 3.02. The SMILES string of the molecule is CCCC(N)CC(=O)NCC(C)CCO. The van der Waals surface area contributed by atoms with E-state index in [1.54, 1.807) is 0 Å². The second-order valence-corrected chi connectivity index (χ2v) is 4.17. The molecule has 2 unspecified atom stereocenters. The number of rotatable bonds is 8. The van der Waals surface area contributed by atoms with Gasteiger partial charge < -0.3 is 16.2 Å². The molecule has 1 amide bonds. The smallest absolute Gasteiger partial charge is 0.221 e. The van der Waals surface area contributed by atoms with Crippen LogP contribution in [0.25, 0.3) is 0 Å². The van der Waals surface area contributed by atoms with Crippen molar-refractivity contribution in [2.75, 3.05) is 13.2 Å². The summed E-state index contributed by atoms with van der Waals surface area (Å²) in [5.41, 5.74) is 5.75. The molecule has 4 nitrogen and oxygen atoms in total. The normalized spacial score (nSPS) is 14.7. The molecular weight excluding hydrogens is 192 g/mol. The molecule has 15 heavy (non-hydrogen) atoms. The molecule has 0 saturated carbocycles. The van der Waals surface area contributed by atoms with Crippen molar-refractivity contribution in [3.8, 4) is 0 Å². The van der Waals surface area contributed by atoms with Gasteiger partial charge in [0.2, 0.25) is 5.91 Å². The van der Waals surface area contributed by atoms with Crippen molar-refractivity contribution in [1.29, 1.82) is 0 Å². The van der Waals surface area contributed by atoms with Gasteiger partial charge in [0.1, 0.15) is 0 Å². The van der Waals surface area contributed by atoms with Gasteiger partial charge in [0.25, 0.3) is 0 Å². The van der Waals surface area contributed by atoms with E-state index in [9.17, 15) is 4.79 Å². The first-order valence-corrected chi connectivity index (χ1v) is 5.73. The Bertz CT molecular complexity index is 174. The first-order chi connectivity index (χ1) is 7.10. The van der Waals surface area contributed by atoms with Crippen molar-refractivity contribution < 1.29 is 9.90 Å². The van der Waals surface area contributed by atoms with Gasteiger partial charge >= 0.3 is 0 Å². The van der Waals surface area contributed by atoms with E-state index in [0.29, 0.717) is 18.9 Å². The van der Waals surface area contributed by atoms with E-state index in [-0.39, 0.29) is 18.6 Å². The minimum absolute atomic E-state index is 0.0146. The Morgan fingerprint density at radius 3 is 2.67 bits per heavy atom. The summed E-state index contributed by atoms with van der Waals surface area (Å²) in [7, 11) is 0. The largest absolute Gasteiger partial charge is 0.396 e. The Kier molecular flexibility index (Phi) is 8.33. The summed E-state index contributed by atoms with van der Waals surface area (Å²) in [6, 6.07) is -0.0249. The summed E-state index contributed by atoms with van der Waals surface area (Å²) in [4.78, 5) is 11.4. The number of nitrogens with two attached hydrogens (primary N) is 1. The van der Waals surface area contributed by atoms with E-state index >= 15 is 0 Å². The second-order valence-electron chi connectivity index (χ2n) is 4.17. The molecule has 0 bridgehead atoms. The zero-order chi connectivity index (χ0) is 11.7. The molecule has 0 aliphatic heterocycles. The maximum absolute atomic E-state index is 11.4. The molecule has 0 fully saturated rings. The Balaban J connectivity index is 3.56. The first-order valence-electron chi connectivity index (χ1n) is 5.73. The van der Waals surface area contributed by atoms with Crippen LogP contribution in [0.5, 0.6) is 0 Å². The Hall–Kier alpha value is -0.610. The highest BCUT2D eigenvalue weighted by Gasteiger charge is 2.09. The van der Waals surface area contributed by atoms with Crippen LogP contribution in [-0.2, 0) is 4.79 Å². The molecule has 0 aliphatic rings. The summed E-state index contributed by atoms with van der Waals surface area (Å²) < 4.78 is 0. The van der Waals surface area contributed by atoms with Crippen molar-refractivity contribution in [3.63, 3.8) is 0 Å². The van der Waals surface area contributed by atoms with Crippen LogP contribution in [0.4, 0.5) is 0 Å². The van der Waals surface area contributed by atoms with E-state index in [1.165, 1.54) is 0 Å². The highest BCUT2D eigenvalue weighted by atomic mass is 16.3. The molecule has 0 saturated heterocycles. The van der Waals surface area contributed by atoms with Crippen LogP contribution in [0.3, 0.4) is 0 Å². The number of aliphatic hydroxyl groups is 1. The van der Waals surface area contributed by atoms with E-state index in [1.807, 2.05) is 6.92 Å². The lowest BCUT2D eigenvalue weighted by Gasteiger charge is -2.13. The third-order valence-electron chi connectivity index (χ3n) is 2.38. The van der Waals surface area contributed by atoms with E-state index in [2.05, 4.69) is 12.2 Å². The Labute approximate surface area is 92.2 Å². The number of carbonyl (C=O) groups excluding carboxylic acids is 1. The summed E-state index contributed by atoms with van der Waals surface area (Å²) in [6.45, 7) is 4.86. The third-order valence-corrected chi connectivity index (χ3v) is 2.38. The molecule has 0 radical (unpaired) electrons. The highest BCUT2D eigenvalue weighted by Crippen LogP contribution is 2.00. The van der Waals surface area contributed by atoms with Gasteiger partial charge in [-0.05, 0) is 18.8 Å². The van der Waals surface area contributed by atoms with Gasteiger partial charge in [-0.1, -0.05) is 20.3 Å². The quantitative estimate of drug-likeness (QED) is 0.557. The van der Waals surface area contributed by atoms with Crippen LogP contribution in [0.1, 0.15) is 39.5 Å². The van der Waals surface area contributed by atoms with Crippen molar-refractivity contribution in [2.24, 2.45) is 11.7 Å². The van der Waals surface area contributed by atoms with Crippen molar-refractivity contribution in [2.45, 2.75) is 45.6 Å². The minimum atomic E-state index is -0.0249. The maximum Gasteiger partial charge on any atom is 0.221 e. The Morgan fingerprint density at radius 2 is 2.13 bits per heavy atom. The van der Waals surface area contributed by atoms with Gasteiger partial charge in [0.05, 0.1) is 0 Å². The maximum atomic E-state index is 11.4. The molecule has 0 spiro atoms. The average molecular weight is 216 g/mol. The lowest BCUT2D eigenvalue weighted by Crippen LogP contribution is -2.34. The molecular formula is C11H24N2O2. The van der Waals surface area contributed by atoms with Crippen LogP contribution in [0, 0.1) is 5.92 Å². The lowest BCUT2D eigenvalue weighted by atomic mass is 10.1. The minimum Gasteiger partial charge on any atom is -0.396 e. The Morgan fingerprint density at radius 1 is 1.47 bits per heavy atom. The zero-order valence-corrected chi connectivity index (χ0v) is 9.83. The average Bonchev–Trinajstić information content (AvgIpc) is 2.15. The van der Waals surface area contributed by atoms with Gasteiger partial charge in [-0.2, -0.15) is 0 Å². The fraction of sp³-hybridized carbons (Fsp3) is 0.909. The second kappa shape index (κ2) is 8.68. The fourth-order valence-corrected chi connectivity index (χ4v) is 1.39. The van der Waals surface area contributed by atoms with Gasteiger partial charge in [-0.3, -0.25) is 4.79 Å². The fourth-order valence-electron chi connectivity index (χ4n) is 1.39. The molecule has 2 atom stereocenters. The number of nitrogens with one attached hydrogen (secondary N) is 1. The van der Waals surface area contributed by atoms with Gasteiger partial charge in [0, 0.05) is 25.6 Å². The summed E-state index contributed by atoms with van der Waals surface area (Å²) in [5.74, 6) is 0.335. The van der Waals surface area contributed by atoms with Crippen LogP contribution in [0.15, 0.2) is 0 Å². The van der Waals surface area contributed by atoms with Crippen LogP contribution in [0.2, 0.25) is 0 Å². The van der Waals surface area contributed by atoms with Crippen LogP contribution < -0.4 is 11.1 Å². The first kappa shape index (κ1) is 14.4. The van der Waals surface area contributed by atoms with Crippen molar-refractivity contribution in [1.82, 2.24) is 5.32 Å². The third kappa shape index (κ3) is 8.39. The van der Waals surface area contributed by atoms with Crippen molar-refractivity contribution in [3.05, 3.63) is 0 Å². The topological polar surface area (TPSA) is 75.4 Å². The number of aliphatic hydroxyl groups excluding tert-OH is 1. The molecule has 0 aliphatic carbocycles. The van der Waals surface area contributed by atoms with E-state index < -0.39 is 0 Å². The monoisotopic (exact) mass is 216 g/mol. The molecule has 0 aromatic carbocycles. The van der Waals surface area contributed by atoms with Crippen molar-refractivity contribution >= 4 is 5.91 Å². The number of amides is 1. The van der Waals surface area contributed by atoms with Gasteiger partial charge in [0.15, 0.2) is 0 Å². The van der Waals surface area contributed by atoms with E-state index in [4.69, 9.17) is 10.8 Å². The van der Waals surface area contributed by atoms with Gasteiger partial charge in [-0.25, -0.2) is 0 Å². The predicted molar refractivity (Wildman–Crippen MR) is 61.4 cm³/mol. The molecule has 0 aromatic heterocycles. The molecule has 0 aromatic rings. The molecule has 0 rings (SSSR count). The number of carbonyl (C=O) groups is 1. The molecule has 90 valence electrons. The van der Waals surface area contributed by atoms with E-state index in [0.717, 1.165) is 19.3 Å². The summed E-state index contributed by atoms with van der Waals surface area (Å²) in [5, 5.41) is 11.5. The molecule has 4 N–H and O–H groups in total. The number of hydrogen-bond acceptors (Lipinski definition) is 3. The molecule has 0 heterocycles. The van der Waals surface area contributed by atoms with Crippen LogP contribution in [-0.4, -0.2) is 30.2 Å². The highest BCUT2D eigenvalue weighted by molar-refractivity contribution is 5.76. The summed E-state index contributed by atoms with van der Waals surface area (Å²) >= 11 is 0. The van der Waals surface area contributed by atoms with Gasteiger partial charge in [-0.15, -0.1) is 0 Å². The standard InChI is InChI=1S/C11H24N2O2/c1-3-4-10(12)7-11(15)13-8-9(2)5-6-14/h9-10,14H,3-8,12H2,1-2H3,(H,13,15). The lowest BCUT2D eigenvalue weighted by molar-refractivity contribution is -0.121.